The van der Waals surface area contributed by atoms with Crippen molar-refractivity contribution in [3.05, 3.63) is 60.0 Å². The van der Waals surface area contributed by atoms with Gasteiger partial charge in [0.25, 0.3) is 0 Å². The first-order valence-corrected chi connectivity index (χ1v) is 9.11. The molecule has 0 radical (unpaired) electrons. The number of amides is 1. The quantitative estimate of drug-likeness (QED) is 0.772. The molecule has 0 unspecified atom stereocenters. The minimum atomic E-state index is -0.213. The van der Waals surface area contributed by atoms with Crippen LogP contribution < -0.4 is 10.2 Å². The van der Waals surface area contributed by atoms with Crippen molar-refractivity contribution in [3.63, 3.8) is 0 Å². The number of anilines is 1. The van der Waals surface area contributed by atoms with Gasteiger partial charge in [0.05, 0.1) is 0 Å². The summed E-state index contributed by atoms with van der Waals surface area (Å²) < 4.78 is 12.9. The Morgan fingerprint density at radius 2 is 1.81 bits per heavy atom. The van der Waals surface area contributed by atoms with Gasteiger partial charge in [0.15, 0.2) is 0 Å². The number of piperazine rings is 1. The molecule has 3 rings (SSSR count). The fourth-order valence-corrected chi connectivity index (χ4v) is 3.09. The number of rotatable bonds is 7. The highest BCUT2D eigenvalue weighted by Crippen LogP contribution is 2.12. The van der Waals surface area contributed by atoms with Crippen LogP contribution in [0.25, 0.3) is 0 Å². The Labute approximate surface area is 153 Å². The van der Waals surface area contributed by atoms with Gasteiger partial charge in [0.1, 0.15) is 11.6 Å². The number of aromatic nitrogens is 1. The van der Waals surface area contributed by atoms with Gasteiger partial charge in [-0.25, -0.2) is 9.37 Å². The van der Waals surface area contributed by atoms with Gasteiger partial charge in [-0.1, -0.05) is 18.2 Å². The normalized spacial score (nSPS) is 14.5. The van der Waals surface area contributed by atoms with Gasteiger partial charge in [0, 0.05) is 45.3 Å². The number of benzene rings is 1. The Morgan fingerprint density at radius 3 is 2.50 bits per heavy atom. The van der Waals surface area contributed by atoms with Crippen LogP contribution in [0.1, 0.15) is 12.0 Å². The highest BCUT2D eigenvalue weighted by Gasteiger charge is 2.21. The summed E-state index contributed by atoms with van der Waals surface area (Å²) in [5, 5.41) is 3.29. The van der Waals surface area contributed by atoms with E-state index in [-0.39, 0.29) is 11.7 Å². The van der Waals surface area contributed by atoms with E-state index >= 15 is 0 Å². The summed E-state index contributed by atoms with van der Waals surface area (Å²) in [6.45, 7) is 4.57. The SMILES string of the molecule is O=C(CCNCCc1ccc(F)cc1)N1CCN(c2ccccn2)CC1. The Bertz CT molecular complexity index is 685. The summed E-state index contributed by atoms with van der Waals surface area (Å²) in [4.78, 5) is 20.8. The topological polar surface area (TPSA) is 48.5 Å². The fraction of sp³-hybridized carbons (Fsp3) is 0.400. The van der Waals surface area contributed by atoms with E-state index in [1.54, 1.807) is 18.3 Å². The lowest BCUT2D eigenvalue weighted by molar-refractivity contribution is -0.131. The standard InChI is InChI=1S/C20H25FN4O/c21-18-6-4-17(5-7-18)8-11-22-12-9-20(26)25-15-13-24(14-16-25)19-3-1-2-10-23-19/h1-7,10,22H,8-9,11-16H2. The van der Waals surface area contributed by atoms with Crippen LogP contribution in [0.2, 0.25) is 0 Å². The summed E-state index contributed by atoms with van der Waals surface area (Å²) in [6, 6.07) is 12.4. The van der Waals surface area contributed by atoms with E-state index in [1.165, 1.54) is 12.1 Å². The monoisotopic (exact) mass is 356 g/mol. The van der Waals surface area contributed by atoms with Crippen molar-refractivity contribution in [2.45, 2.75) is 12.8 Å². The molecule has 1 aromatic heterocycles. The Hall–Kier alpha value is -2.47. The second kappa shape index (κ2) is 9.29. The molecular formula is C20H25FN4O. The maximum absolute atomic E-state index is 12.9. The lowest BCUT2D eigenvalue weighted by atomic mass is 10.1. The molecule has 2 aromatic rings. The first kappa shape index (κ1) is 18.3. The molecule has 0 bridgehead atoms. The van der Waals surface area contributed by atoms with E-state index in [4.69, 9.17) is 0 Å². The molecule has 0 aliphatic carbocycles. The molecule has 26 heavy (non-hydrogen) atoms. The van der Waals surface area contributed by atoms with E-state index in [0.717, 1.165) is 50.5 Å². The zero-order valence-corrected chi connectivity index (χ0v) is 14.9. The number of nitrogens with one attached hydrogen (secondary N) is 1. The second-order valence-electron chi connectivity index (χ2n) is 6.43. The Kier molecular flexibility index (Phi) is 6.55. The number of nitrogens with zero attached hydrogens (tertiary/aromatic N) is 3. The predicted molar refractivity (Wildman–Crippen MR) is 101 cm³/mol. The molecule has 0 spiro atoms. The van der Waals surface area contributed by atoms with Gasteiger partial charge in [-0.3, -0.25) is 4.79 Å². The zero-order valence-electron chi connectivity index (χ0n) is 14.9. The van der Waals surface area contributed by atoms with Crippen molar-refractivity contribution in [3.8, 4) is 0 Å². The summed E-state index contributed by atoms with van der Waals surface area (Å²) in [7, 11) is 0. The van der Waals surface area contributed by atoms with Crippen molar-refractivity contribution in [1.82, 2.24) is 15.2 Å². The van der Waals surface area contributed by atoms with E-state index in [1.807, 2.05) is 23.1 Å². The van der Waals surface area contributed by atoms with E-state index in [2.05, 4.69) is 15.2 Å². The number of carbonyl (C=O) groups is 1. The van der Waals surface area contributed by atoms with Gasteiger partial charge in [-0.2, -0.15) is 0 Å². The summed E-state index contributed by atoms with van der Waals surface area (Å²) in [5.74, 6) is 0.956. The van der Waals surface area contributed by atoms with Gasteiger partial charge in [-0.15, -0.1) is 0 Å². The van der Waals surface area contributed by atoms with Gasteiger partial charge in [-0.05, 0) is 42.8 Å². The van der Waals surface area contributed by atoms with Crippen LogP contribution in [0.15, 0.2) is 48.7 Å². The van der Waals surface area contributed by atoms with Crippen LogP contribution >= 0.6 is 0 Å². The minimum absolute atomic E-state index is 0.194. The first-order chi connectivity index (χ1) is 12.7. The molecule has 138 valence electrons. The molecule has 0 saturated carbocycles. The molecule has 5 nitrogen and oxygen atoms in total. The van der Waals surface area contributed by atoms with Crippen molar-refractivity contribution < 1.29 is 9.18 Å². The van der Waals surface area contributed by atoms with Crippen LogP contribution in [-0.2, 0) is 11.2 Å². The van der Waals surface area contributed by atoms with Crippen molar-refractivity contribution >= 4 is 11.7 Å². The lowest BCUT2D eigenvalue weighted by Gasteiger charge is -2.35. The fourth-order valence-electron chi connectivity index (χ4n) is 3.09. The average Bonchev–Trinajstić information content (AvgIpc) is 2.70. The van der Waals surface area contributed by atoms with Crippen LogP contribution in [0.3, 0.4) is 0 Å². The zero-order chi connectivity index (χ0) is 18.2. The number of halogens is 1. The molecule has 2 heterocycles. The van der Waals surface area contributed by atoms with Crippen LogP contribution in [0.5, 0.6) is 0 Å². The summed E-state index contributed by atoms with van der Waals surface area (Å²) >= 11 is 0. The number of hydrogen-bond donors (Lipinski definition) is 1. The number of pyridine rings is 1. The molecule has 0 atom stereocenters. The highest BCUT2D eigenvalue weighted by atomic mass is 19.1. The molecule has 1 N–H and O–H groups in total. The van der Waals surface area contributed by atoms with Crippen molar-refractivity contribution in [2.24, 2.45) is 0 Å². The third-order valence-electron chi connectivity index (χ3n) is 4.63. The molecule has 1 fully saturated rings. The molecule has 1 saturated heterocycles. The first-order valence-electron chi connectivity index (χ1n) is 9.11. The minimum Gasteiger partial charge on any atom is -0.353 e. The van der Waals surface area contributed by atoms with E-state index in [0.29, 0.717) is 13.0 Å². The lowest BCUT2D eigenvalue weighted by Crippen LogP contribution is -2.49. The van der Waals surface area contributed by atoms with Gasteiger partial charge >= 0.3 is 0 Å². The third-order valence-corrected chi connectivity index (χ3v) is 4.63. The van der Waals surface area contributed by atoms with Gasteiger partial charge in [0.2, 0.25) is 5.91 Å². The number of carbonyl (C=O) groups excluding carboxylic acids is 1. The molecule has 1 aromatic carbocycles. The van der Waals surface area contributed by atoms with Gasteiger partial charge < -0.3 is 15.1 Å². The molecule has 1 aliphatic rings. The van der Waals surface area contributed by atoms with Crippen LogP contribution in [-0.4, -0.2) is 55.1 Å². The Balaban J connectivity index is 1.31. The smallest absolute Gasteiger partial charge is 0.223 e. The van der Waals surface area contributed by atoms with E-state index < -0.39 is 0 Å². The molecule has 6 heteroatoms. The Morgan fingerprint density at radius 1 is 1.04 bits per heavy atom. The van der Waals surface area contributed by atoms with Crippen molar-refractivity contribution in [2.75, 3.05) is 44.2 Å². The van der Waals surface area contributed by atoms with Crippen LogP contribution in [0, 0.1) is 5.82 Å². The maximum atomic E-state index is 12.9. The second-order valence-corrected chi connectivity index (χ2v) is 6.43. The largest absolute Gasteiger partial charge is 0.353 e. The predicted octanol–water partition coefficient (Wildman–Crippen LogP) is 2.09. The summed E-state index contributed by atoms with van der Waals surface area (Å²) in [5.41, 5.74) is 1.09. The maximum Gasteiger partial charge on any atom is 0.223 e. The number of hydrogen-bond acceptors (Lipinski definition) is 4. The van der Waals surface area contributed by atoms with E-state index in [9.17, 15) is 9.18 Å². The molecule has 1 amide bonds. The average molecular weight is 356 g/mol. The van der Waals surface area contributed by atoms with Crippen LogP contribution in [0.4, 0.5) is 10.2 Å². The third kappa shape index (κ3) is 5.26. The highest BCUT2D eigenvalue weighted by molar-refractivity contribution is 5.76. The molecular weight excluding hydrogens is 331 g/mol. The summed E-state index contributed by atoms with van der Waals surface area (Å²) in [6.07, 6.45) is 3.13. The molecule has 1 aliphatic heterocycles. The van der Waals surface area contributed by atoms with Crippen molar-refractivity contribution in [1.29, 1.82) is 0 Å².